The molecule has 0 bridgehead atoms. The summed E-state index contributed by atoms with van der Waals surface area (Å²) in [6.45, 7) is 3.02. The number of nitrogens with zero attached hydrogens (tertiary/aromatic N) is 3. The fourth-order valence-corrected chi connectivity index (χ4v) is 3.62. The minimum atomic E-state index is 0.546. The minimum absolute atomic E-state index is 0.546. The average molecular weight is 240 g/mol. The summed E-state index contributed by atoms with van der Waals surface area (Å²) in [7, 11) is 2.06. The van der Waals surface area contributed by atoms with Crippen molar-refractivity contribution in [3.63, 3.8) is 0 Å². The lowest BCUT2D eigenvalue weighted by atomic mass is 9.96. The van der Waals surface area contributed by atoms with Gasteiger partial charge in [-0.25, -0.2) is 4.98 Å². The quantitative estimate of drug-likeness (QED) is 0.839. The number of aryl methyl sites for hydroxylation is 1. The van der Waals surface area contributed by atoms with E-state index in [1.807, 2.05) is 4.68 Å². The third-order valence-corrected chi connectivity index (χ3v) is 4.49. The predicted molar refractivity (Wildman–Crippen MR) is 67.7 cm³/mol. The van der Waals surface area contributed by atoms with Crippen molar-refractivity contribution in [3.05, 3.63) is 12.2 Å². The van der Waals surface area contributed by atoms with Gasteiger partial charge in [0.05, 0.1) is 0 Å². The Morgan fingerprint density at radius 2 is 2.56 bits per heavy atom. The third-order valence-electron chi connectivity index (χ3n) is 3.30. The summed E-state index contributed by atoms with van der Waals surface area (Å²) in [5.41, 5.74) is 0. The molecule has 0 aliphatic carbocycles. The maximum Gasteiger partial charge on any atom is 0.138 e. The number of thioether (sulfide) groups is 1. The van der Waals surface area contributed by atoms with Gasteiger partial charge in [-0.1, -0.05) is 0 Å². The zero-order chi connectivity index (χ0) is 11.4. The largest absolute Gasteiger partial charge is 0.316 e. The van der Waals surface area contributed by atoms with E-state index in [0.717, 1.165) is 24.7 Å². The fourth-order valence-electron chi connectivity index (χ4n) is 2.28. The topological polar surface area (TPSA) is 42.7 Å². The number of hydrogen-bond donors (Lipinski definition) is 1. The summed E-state index contributed by atoms with van der Waals surface area (Å²) in [6, 6.07) is 0.546. The van der Waals surface area contributed by atoms with Crippen LogP contribution in [0, 0.1) is 5.92 Å². The molecule has 4 nitrogen and oxygen atoms in total. The van der Waals surface area contributed by atoms with Crippen LogP contribution in [0.3, 0.4) is 0 Å². The van der Waals surface area contributed by atoms with Crippen LogP contribution in [0.2, 0.25) is 0 Å². The summed E-state index contributed by atoms with van der Waals surface area (Å²) in [5.74, 6) is 4.49. The Labute approximate surface area is 101 Å². The van der Waals surface area contributed by atoms with Crippen LogP contribution in [-0.4, -0.2) is 39.4 Å². The van der Waals surface area contributed by atoms with Gasteiger partial charge in [-0.05, 0) is 37.8 Å². The van der Waals surface area contributed by atoms with Crippen LogP contribution in [0.25, 0.3) is 0 Å². The van der Waals surface area contributed by atoms with Crippen molar-refractivity contribution >= 4 is 11.8 Å². The zero-order valence-corrected chi connectivity index (χ0v) is 10.8. The molecule has 1 aromatic heterocycles. The van der Waals surface area contributed by atoms with Gasteiger partial charge >= 0.3 is 0 Å². The van der Waals surface area contributed by atoms with E-state index in [4.69, 9.17) is 0 Å². The van der Waals surface area contributed by atoms with Crippen LogP contribution in [0.5, 0.6) is 0 Å². The van der Waals surface area contributed by atoms with Crippen molar-refractivity contribution < 1.29 is 0 Å². The smallest absolute Gasteiger partial charge is 0.138 e. The molecule has 2 atom stereocenters. The molecule has 0 saturated carbocycles. The normalized spacial score (nSPS) is 22.5. The van der Waals surface area contributed by atoms with Gasteiger partial charge in [-0.2, -0.15) is 16.9 Å². The summed E-state index contributed by atoms with van der Waals surface area (Å²) in [6.07, 6.45) is 3.99. The van der Waals surface area contributed by atoms with Crippen LogP contribution in [-0.2, 0) is 13.0 Å². The molecular formula is C11H20N4S. The molecule has 1 aliphatic rings. The van der Waals surface area contributed by atoms with Crippen molar-refractivity contribution in [2.75, 3.05) is 18.6 Å². The Hall–Kier alpha value is -0.550. The molecule has 90 valence electrons. The standard InChI is InChI=1S/C11H20N4S/c1-3-15-11(13-8-14-15)6-10(12-2)9-4-5-16-7-9/h8-10,12H,3-7H2,1-2H3. The Morgan fingerprint density at radius 1 is 1.69 bits per heavy atom. The van der Waals surface area contributed by atoms with Gasteiger partial charge in [0.25, 0.3) is 0 Å². The van der Waals surface area contributed by atoms with Gasteiger partial charge in [0.1, 0.15) is 12.2 Å². The van der Waals surface area contributed by atoms with Crippen molar-refractivity contribution in [2.45, 2.75) is 32.4 Å². The third kappa shape index (κ3) is 2.58. The molecule has 0 aromatic carbocycles. The second kappa shape index (κ2) is 5.68. The second-order valence-corrected chi connectivity index (χ2v) is 5.36. The van der Waals surface area contributed by atoms with Gasteiger partial charge in [0, 0.05) is 19.0 Å². The van der Waals surface area contributed by atoms with E-state index >= 15 is 0 Å². The fraction of sp³-hybridized carbons (Fsp3) is 0.818. The zero-order valence-electron chi connectivity index (χ0n) is 10.0. The highest BCUT2D eigenvalue weighted by molar-refractivity contribution is 7.99. The van der Waals surface area contributed by atoms with E-state index in [0.29, 0.717) is 6.04 Å². The van der Waals surface area contributed by atoms with E-state index < -0.39 is 0 Å². The first-order valence-electron chi connectivity index (χ1n) is 5.96. The molecule has 5 heteroatoms. The number of likely N-dealkylation sites (N-methyl/N-ethyl adjacent to an activating group) is 1. The van der Waals surface area contributed by atoms with Gasteiger partial charge in [0.2, 0.25) is 0 Å². The first-order chi connectivity index (χ1) is 7.85. The van der Waals surface area contributed by atoms with Crippen LogP contribution in [0.15, 0.2) is 6.33 Å². The van der Waals surface area contributed by atoms with Gasteiger partial charge in [-0.3, -0.25) is 4.68 Å². The monoisotopic (exact) mass is 240 g/mol. The van der Waals surface area contributed by atoms with E-state index in [-0.39, 0.29) is 0 Å². The van der Waals surface area contributed by atoms with Crippen molar-refractivity contribution in [2.24, 2.45) is 5.92 Å². The lowest BCUT2D eigenvalue weighted by Gasteiger charge is -2.21. The van der Waals surface area contributed by atoms with Crippen molar-refractivity contribution in [3.8, 4) is 0 Å². The Morgan fingerprint density at radius 3 is 3.19 bits per heavy atom. The maximum absolute atomic E-state index is 4.35. The summed E-state index contributed by atoms with van der Waals surface area (Å²) >= 11 is 2.07. The van der Waals surface area contributed by atoms with E-state index in [1.54, 1.807) is 6.33 Å². The Balaban J connectivity index is 2.00. The molecule has 1 fully saturated rings. The summed E-state index contributed by atoms with van der Waals surface area (Å²) in [4.78, 5) is 4.35. The van der Waals surface area contributed by atoms with Crippen LogP contribution in [0.4, 0.5) is 0 Å². The first kappa shape index (κ1) is 11.9. The SMILES string of the molecule is CCn1ncnc1CC(NC)C1CCSC1. The molecule has 1 aliphatic heterocycles. The molecular weight excluding hydrogens is 220 g/mol. The number of rotatable bonds is 5. The molecule has 0 radical (unpaired) electrons. The van der Waals surface area contributed by atoms with Crippen molar-refractivity contribution in [1.29, 1.82) is 0 Å². The number of hydrogen-bond acceptors (Lipinski definition) is 4. The van der Waals surface area contributed by atoms with Crippen LogP contribution in [0.1, 0.15) is 19.2 Å². The highest BCUT2D eigenvalue weighted by Crippen LogP contribution is 2.27. The lowest BCUT2D eigenvalue weighted by Crippen LogP contribution is -2.36. The lowest BCUT2D eigenvalue weighted by molar-refractivity contribution is 0.390. The maximum atomic E-state index is 4.35. The molecule has 0 amide bonds. The Kier molecular flexibility index (Phi) is 4.23. The van der Waals surface area contributed by atoms with Crippen molar-refractivity contribution in [1.82, 2.24) is 20.1 Å². The van der Waals surface area contributed by atoms with Gasteiger partial charge in [-0.15, -0.1) is 0 Å². The van der Waals surface area contributed by atoms with Gasteiger partial charge in [0.15, 0.2) is 0 Å². The van der Waals surface area contributed by atoms with Crippen LogP contribution < -0.4 is 5.32 Å². The van der Waals surface area contributed by atoms with E-state index in [2.05, 4.69) is 41.1 Å². The average Bonchev–Trinajstić information content (AvgIpc) is 2.96. The molecule has 2 unspecified atom stereocenters. The highest BCUT2D eigenvalue weighted by atomic mass is 32.2. The molecule has 1 saturated heterocycles. The van der Waals surface area contributed by atoms with E-state index in [9.17, 15) is 0 Å². The Bertz CT molecular complexity index is 320. The molecule has 2 rings (SSSR count). The number of aromatic nitrogens is 3. The molecule has 16 heavy (non-hydrogen) atoms. The summed E-state index contributed by atoms with van der Waals surface area (Å²) < 4.78 is 1.99. The first-order valence-corrected chi connectivity index (χ1v) is 7.12. The molecule has 1 N–H and O–H groups in total. The molecule has 2 heterocycles. The van der Waals surface area contributed by atoms with E-state index in [1.165, 1.54) is 17.9 Å². The second-order valence-electron chi connectivity index (χ2n) is 4.21. The predicted octanol–water partition coefficient (Wildman–Crippen LogP) is 1.18. The highest BCUT2D eigenvalue weighted by Gasteiger charge is 2.25. The molecule has 0 spiro atoms. The molecule has 1 aromatic rings. The van der Waals surface area contributed by atoms with Crippen LogP contribution >= 0.6 is 11.8 Å². The summed E-state index contributed by atoms with van der Waals surface area (Å²) in [5, 5.41) is 7.66. The van der Waals surface area contributed by atoms with Gasteiger partial charge < -0.3 is 5.32 Å². The minimum Gasteiger partial charge on any atom is -0.316 e. The number of nitrogens with one attached hydrogen (secondary N) is 1.